The van der Waals surface area contributed by atoms with Crippen molar-refractivity contribution >= 4 is 65.4 Å². The van der Waals surface area contributed by atoms with Crippen molar-refractivity contribution in [3.05, 3.63) is 187 Å². The second-order valence-electron chi connectivity index (χ2n) is 14.0. The summed E-state index contributed by atoms with van der Waals surface area (Å²) in [6, 6.07) is 65.8. The predicted octanol–water partition coefficient (Wildman–Crippen LogP) is 12.4. The Hall–Kier alpha value is -7.86. The molecular weight excluding hydrogens is 671 g/mol. The Morgan fingerprint density at radius 1 is 0.309 bits per heavy atom. The molecule has 254 valence electrons. The molecule has 55 heavy (non-hydrogen) atoms. The average molecular weight is 700 g/mol. The smallest absolute Gasteiger partial charge is 0.101 e. The normalized spacial score (nSPS) is 11.6. The zero-order valence-electron chi connectivity index (χ0n) is 29.5. The Labute approximate surface area is 316 Å². The summed E-state index contributed by atoms with van der Waals surface area (Å²) in [5, 5.41) is 28.0. The number of nitrogens with zero attached hydrogens (tertiary/aromatic N) is 5. The van der Waals surface area contributed by atoms with Crippen molar-refractivity contribution in [3.8, 4) is 40.3 Å². The molecule has 0 aliphatic heterocycles. The van der Waals surface area contributed by atoms with E-state index in [0.29, 0.717) is 11.1 Å². The Morgan fingerprint density at radius 3 is 1.20 bits per heavy atom. The lowest BCUT2D eigenvalue weighted by Crippen LogP contribution is -2.01. The summed E-state index contributed by atoms with van der Waals surface area (Å²) in [6.07, 6.45) is 0. The summed E-state index contributed by atoms with van der Waals surface area (Å²) in [4.78, 5) is 0. The number of fused-ring (bicyclic) bond motifs is 9. The Balaban J connectivity index is 1.08. The highest BCUT2D eigenvalue weighted by atomic mass is 15.0. The molecule has 0 bridgehead atoms. The molecule has 11 rings (SSSR count). The lowest BCUT2D eigenvalue weighted by atomic mass is 10.0. The van der Waals surface area contributed by atoms with Crippen LogP contribution >= 0.6 is 0 Å². The van der Waals surface area contributed by atoms with Crippen LogP contribution in [0.5, 0.6) is 0 Å². The van der Waals surface area contributed by atoms with Crippen LogP contribution in [0, 0.1) is 22.7 Å². The van der Waals surface area contributed by atoms with E-state index in [1.54, 1.807) is 0 Å². The summed E-state index contributed by atoms with van der Waals surface area (Å²) in [5.74, 6) is 0. The number of nitriles is 2. The van der Waals surface area contributed by atoms with Gasteiger partial charge in [0.05, 0.1) is 55.6 Å². The van der Waals surface area contributed by atoms with Crippen molar-refractivity contribution in [3.63, 3.8) is 0 Å². The van der Waals surface area contributed by atoms with E-state index in [1.165, 1.54) is 21.8 Å². The summed E-state index contributed by atoms with van der Waals surface area (Å²) < 4.78 is 6.69. The van der Waals surface area contributed by atoms with Gasteiger partial charge in [-0.25, -0.2) is 0 Å². The maximum Gasteiger partial charge on any atom is 0.101 e. The topological polar surface area (TPSA) is 62.4 Å². The molecule has 5 nitrogen and oxygen atoms in total. The van der Waals surface area contributed by atoms with Crippen LogP contribution in [0.2, 0.25) is 0 Å². The van der Waals surface area contributed by atoms with Crippen LogP contribution < -0.4 is 0 Å². The second kappa shape index (κ2) is 11.8. The Bertz CT molecular complexity index is 3350. The Morgan fingerprint density at radius 2 is 0.709 bits per heavy atom. The van der Waals surface area contributed by atoms with Crippen LogP contribution in [0.1, 0.15) is 11.1 Å². The molecule has 0 aliphatic carbocycles. The van der Waals surface area contributed by atoms with Gasteiger partial charge in [-0.3, -0.25) is 0 Å². The predicted molar refractivity (Wildman–Crippen MR) is 224 cm³/mol. The summed E-state index contributed by atoms with van der Waals surface area (Å²) in [5.41, 5.74) is 12.1. The summed E-state index contributed by atoms with van der Waals surface area (Å²) in [6.45, 7) is 0. The minimum absolute atomic E-state index is 0.564. The fourth-order valence-corrected chi connectivity index (χ4v) is 8.72. The van der Waals surface area contributed by atoms with E-state index in [4.69, 9.17) is 0 Å². The van der Waals surface area contributed by atoms with Crippen molar-refractivity contribution in [2.24, 2.45) is 0 Å². The minimum Gasteiger partial charge on any atom is -0.309 e. The van der Waals surface area contributed by atoms with E-state index < -0.39 is 0 Å². The minimum atomic E-state index is 0.564. The molecule has 3 aromatic heterocycles. The van der Waals surface area contributed by atoms with Gasteiger partial charge >= 0.3 is 0 Å². The number of aromatic nitrogens is 3. The lowest BCUT2D eigenvalue weighted by molar-refractivity contribution is 1.14. The van der Waals surface area contributed by atoms with Gasteiger partial charge in [0, 0.05) is 38.0 Å². The van der Waals surface area contributed by atoms with Crippen molar-refractivity contribution in [2.45, 2.75) is 0 Å². The highest BCUT2D eigenvalue weighted by molar-refractivity contribution is 6.13. The molecule has 3 heterocycles. The number of hydrogen-bond acceptors (Lipinski definition) is 2. The third-order valence-electron chi connectivity index (χ3n) is 11.1. The van der Waals surface area contributed by atoms with Gasteiger partial charge < -0.3 is 13.7 Å². The molecule has 5 heteroatoms. The van der Waals surface area contributed by atoms with Crippen LogP contribution in [0.15, 0.2) is 176 Å². The SMILES string of the molecule is N#Cc1cc(-c2ccc(-n3c4ccccc4c4ccccc43)cc2)ccc1-n1c2ccccc2c2cc(C#N)c(-n3c4ccccc4c4ccccc43)cc21. The Kier molecular flexibility index (Phi) is 6.61. The molecule has 11 aromatic rings. The first-order valence-corrected chi connectivity index (χ1v) is 18.3. The fourth-order valence-electron chi connectivity index (χ4n) is 8.72. The third-order valence-corrected chi connectivity index (χ3v) is 11.1. The van der Waals surface area contributed by atoms with Gasteiger partial charge in [-0.15, -0.1) is 0 Å². The molecule has 0 radical (unpaired) electrons. The van der Waals surface area contributed by atoms with Gasteiger partial charge in [0.2, 0.25) is 0 Å². The first-order chi connectivity index (χ1) is 27.2. The summed E-state index contributed by atoms with van der Waals surface area (Å²) >= 11 is 0. The van der Waals surface area contributed by atoms with Gasteiger partial charge in [0.1, 0.15) is 12.1 Å². The average Bonchev–Trinajstić information content (AvgIpc) is 3.88. The molecule has 8 aromatic carbocycles. The van der Waals surface area contributed by atoms with Crippen molar-refractivity contribution in [1.82, 2.24) is 13.7 Å². The van der Waals surface area contributed by atoms with E-state index in [-0.39, 0.29) is 0 Å². The van der Waals surface area contributed by atoms with Crippen LogP contribution in [-0.4, -0.2) is 13.7 Å². The van der Waals surface area contributed by atoms with E-state index in [9.17, 15) is 10.5 Å². The lowest BCUT2D eigenvalue weighted by Gasteiger charge is -2.14. The molecule has 0 saturated heterocycles. The molecule has 0 N–H and O–H groups in total. The van der Waals surface area contributed by atoms with Gasteiger partial charge in [0.15, 0.2) is 0 Å². The van der Waals surface area contributed by atoms with Crippen molar-refractivity contribution < 1.29 is 0 Å². The maximum atomic E-state index is 10.7. The highest BCUT2D eigenvalue weighted by Gasteiger charge is 2.21. The largest absolute Gasteiger partial charge is 0.309 e. The number of benzene rings is 8. The number of para-hydroxylation sites is 5. The maximum absolute atomic E-state index is 10.7. The van der Waals surface area contributed by atoms with Gasteiger partial charge in [0.25, 0.3) is 0 Å². The molecule has 0 unspecified atom stereocenters. The van der Waals surface area contributed by atoms with Crippen LogP contribution in [-0.2, 0) is 0 Å². The van der Waals surface area contributed by atoms with Crippen LogP contribution in [0.4, 0.5) is 0 Å². The first-order valence-electron chi connectivity index (χ1n) is 18.3. The first kappa shape index (κ1) is 30.7. The van der Waals surface area contributed by atoms with E-state index >= 15 is 0 Å². The second-order valence-corrected chi connectivity index (χ2v) is 14.0. The monoisotopic (exact) mass is 699 g/mol. The highest BCUT2D eigenvalue weighted by Crippen LogP contribution is 2.40. The molecule has 0 fully saturated rings. The standard InChI is InChI=1S/C50H29N5/c51-30-34-27-33(32-21-24-36(25-22-32)53-44-16-6-1-11-37(44)38-12-2-7-17-45(38)53)23-26-43(34)54-48-20-10-5-15-41(48)42-28-35(31-52)49(29-50(42)54)55-46-18-8-3-13-39(46)40-14-4-9-19-47(40)55/h1-29H. The number of hydrogen-bond donors (Lipinski definition) is 0. The molecule has 0 aliphatic rings. The zero-order chi connectivity index (χ0) is 36.6. The van der Waals surface area contributed by atoms with Crippen molar-refractivity contribution in [2.75, 3.05) is 0 Å². The van der Waals surface area contributed by atoms with Gasteiger partial charge in [-0.1, -0.05) is 109 Å². The van der Waals surface area contributed by atoms with E-state index in [2.05, 4.69) is 165 Å². The molecule has 0 amide bonds. The number of rotatable bonds is 4. The fraction of sp³-hybridized carbons (Fsp3) is 0. The van der Waals surface area contributed by atoms with Gasteiger partial charge in [-0.05, 0) is 77.9 Å². The molecule has 0 atom stereocenters. The van der Waals surface area contributed by atoms with Gasteiger partial charge in [-0.2, -0.15) is 10.5 Å². The van der Waals surface area contributed by atoms with Crippen LogP contribution in [0.25, 0.3) is 93.6 Å². The zero-order valence-corrected chi connectivity index (χ0v) is 29.5. The third kappa shape index (κ3) is 4.45. The molecule has 0 saturated carbocycles. The molecule has 0 spiro atoms. The van der Waals surface area contributed by atoms with Crippen LogP contribution in [0.3, 0.4) is 0 Å². The van der Waals surface area contributed by atoms with E-state index in [0.717, 1.165) is 71.8 Å². The van der Waals surface area contributed by atoms with Crippen molar-refractivity contribution in [1.29, 1.82) is 10.5 Å². The quantitative estimate of drug-likeness (QED) is 0.184. The molecular formula is C50H29N5. The summed E-state index contributed by atoms with van der Waals surface area (Å²) in [7, 11) is 0. The van der Waals surface area contributed by atoms with E-state index in [1.807, 2.05) is 36.4 Å².